The molecule has 1 aromatic carbocycles. The van der Waals surface area contributed by atoms with E-state index >= 15 is 0 Å². The van der Waals surface area contributed by atoms with Gasteiger partial charge in [-0.2, -0.15) is 0 Å². The van der Waals surface area contributed by atoms with Crippen molar-refractivity contribution in [1.82, 2.24) is 4.90 Å². The molecule has 126 valence electrons. The molecule has 0 unspecified atom stereocenters. The van der Waals surface area contributed by atoms with Crippen LogP contribution >= 0.6 is 0 Å². The van der Waals surface area contributed by atoms with Crippen molar-refractivity contribution < 1.29 is 18.3 Å². The van der Waals surface area contributed by atoms with E-state index < -0.39 is 10.0 Å². The van der Waals surface area contributed by atoms with Gasteiger partial charge in [-0.3, -0.25) is 9.10 Å². The first-order valence-electron chi connectivity index (χ1n) is 7.91. The molecule has 0 radical (unpaired) electrons. The number of aliphatic hydroxyl groups excluding tert-OH is 1. The third-order valence-corrected chi connectivity index (χ3v) is 5.82. The number of anilines is 1. The number of nitrogens with zero attached hydrogens (tertiary/aromatic N) is 2. The van der Waals surface area contributed by atoms with Crippen molar-refractivity contribution in [3.05, 3.63) is 29.3 Å². The zero-order valence-corrected chi connectivity index (χ0v) is 14.1. The molecule has 2 aliphatic rings. The van der Waals surface area contributed by atoms with Crippen LogP contribution < -0.4 is 4.31 Å². The Kier molecular flexibility index (Phi) is 4.33. The summed E-state index contributed by atoms with van der Waals surface area (Å²) in [6.07, 6.45) is 3.68. The van der Waals surface area contributed by atoms with Gasteiger partial charge in [-0.1, -0.05) is 0 Å². The Bertz CT molecular complexity index is 717. The van der Waals surface area contributed by atoms with Gasteiger partial charge in [-0.15, -0.1) is 0 Å². The van der Waals surface area contributed by atoms with Gasteiger partial charge >= 0.3 is 0 Å². The van der Waals surface area contributed by atoms with Crippen LogP contribution in [0.4, 0.5) is 5.69 Å². The minimum absolute atomic E-state index is 0.0382. The van der Waals surface area contributed by atoms with Gasteiger partial charge in [0.1, 0.15) is 0 Å². The van der Waals surface area contributed by atoms with E-state index in [1.165, 1.54) is 10.6 Å². The number of aliphatic hydroxyl groups is 1. The Hall–Kier alpha value is -1.60. The van der Waals surface area contributed by atoms with Crippen LogP contribution in [-0.2, 0) is 16.4 Å². The largest absolute Gasteiger partial charge is 0.396 e. The molecule has 1 amide bonds. The summed E-state index contributed by atoms with van der Waals surface area (Å²) in [6.45, 7) is 1.84. The summed E-state index contributed by atoms with van der Waals surface area (Å²) in [4.78, 5) is 14.4. The highest BCUT2D eigenvalue weighted by atomic mass is 32.2. The van der Waals surface area contributed by atoms with Crippen LogP contribution in [0.15, 0.2) is 18.2 Å². The maximum atomic E-state index is 12.7. The fourth-order valence-corrected chi connectivity index (χ4v) is 4.39. The van der Waals surface area contributed by atoms with Crippen LogP contribution in [0.25, 0.3) is 0 Å². The van der Waals surface area contributed by atoms with Gasteiger partial charge in [0, 0.05) is 31.8 Å². The monoisotopic (exact) mass is 338 g/mol. The van der Waals surface area contributed by atoms with Crippen LogP contribution in [-0.4, -0.2) is 56.8 Å². The van der Waals surface area contributed by atoms with Gasteiger partial charge < -0.3 is 10.0 Å². The summed E-state index contributed by atoms with van der Waals surface area (Å²) in [6, 6.07) is 5.24. The van der Waals surface area contributed by atoms with Crippen molar-refractivity contribution in [1.29, 1.82) is 0 Å². The number of rotatable bonds is 3. The molecule has 0 spiro atoms. The lowest BCUT2D eigenvalue weighted by molar-refractivity contribution is 0.0620. The van der Waals surface area contributed by atoms with E-state index in [2.05, 4.69) is 0 Å². The first-order chi connectivity index (χ1) is 10.9. The normalized spacial score (nSPS) is 21.4. The van der Waals surface area contributed by atoms with E-state index in [0.717, 1.165) is 18.4 Å². The van der Waals surface area contributed by atoms with Crippen LogP contribution in [0, 0.1) is 5.92 Å². The molecule has 1 saturated heterocycles. The quantitative estimate of drug-likeness (QED) is 0.886. The molecule has 1 N–H and O–H groups in total. The molecule has 6 nitrogen and oxygen atoms in total. The number of hydrogen-bond donors (Lipinski definition) is 1. The third kappa shape index (κ3) is 3.21. The number of carbonyl (C=O) groups is 1. The molecule has 2 heterocycles. The maximum Gasteiger partial charge on any atom is 0.253 e. The Morgan fingerprint density at radius 1 is 1.35 bits per heavy atom. The molecule has 2 aliphatic heterocycles. The number of likely N-dealkylation sites (tertiary alicyclic amines) is 1. The first-order valence-corrected chi connectivity index (χ1v) is 9.76. The van der Waals surface area contributed by atoms with E-state index in [9.17, 15) is 18.3 Å². The molecule has 1 fully saturated rings. The molecule has 0 saturated carbocycles. The zero-order valence-electron chi connectivity index (χ0n) is 13.2. The van der Waals surface area contributed by atoms with Gasteiger partial charge in [-0.05, 0) is 48.9 Å². The van der Waals surface area contributed by atoms with E-state index in [1.54, 1.807) is 17.0 Å². The third-order valence-electron chi connectivity index (χ3n) is 4.64. The fraction of sp³-hybridized carbons (Fsp3) is 0.562. The van der Waals surface area contributed by atoms with Crippen molar-refractivity contribution in [2.24, 2.45) is 5.92 Å². The standard InChI is InChI=1S/C16H22N2O4S/c1-23(21,22)18-8-6-13-9-14(4-5-15(13)18)16(20)17-7-2-3-12(10-17)11-19/h4-5,9,12,19H,2-3,6-8,10-11H2,1H3/t12-/m1/s1. The molecule has 0 bridgehead atoms. The van der Waals surface area contributed by atoms with Gasteiger partial charge in [0.05, 0.1) is 11.9 Å². The SMILES string of the molecule is CS(=O)(=O)N1CCc2cc(C(=O)N3CCC[C@@H](CO)C3)ccc21. The number of benzene rings is 1. The average Bonchev–Trinajstić information content (AvgIpc) is 2.97. The predicted molar refractivity (Wildman–Crippen MR) is 88.0 cm³/mol. The second kappa shape index (κ2) is 6.13. The number of piperidine rings is 1. The van der Waals surface area contributed by atoms with Crippen LogP contribution in [0.3, 0.4) is 0 Å². The highest BCUT2D eigenvalue weighted by Crippen LogP contribution is 2.31. The molecule has 1 atom stereocenters. The van der Waals surface area contributed by atoms with E-state index in [4.69, 9.17) is 0 Å². The van der Waals surface area contributed by atoms with Crippen molar-refractivity contribution in [2.45, 2.75) is 19.3 Å². The minimum Gasteiger partial charge on any atom is -0.396 e. The molecule has 1 aromatic rings. The molecule has 3 rings (SSSR count). The van der Waals surface area contributed by atoms with E-state index in [0.29, 0.717) is 37.3 Å². The van der Waals surface area contributed by atoms with Gasteiger partial charge in [-0.25, -0.2) is 8.42 Å². The second-order valence-electron chi connectivity index (χ2n) is 6.37. The predicted octanol–water partition coefficient (Wildman–Crippen LogP) is 0.853. The van der Waals surface area contributed by atoms with Crippen molar-refractivity contribution in [2.75, 3.05) is 36.8 Å². The molecular formula is C16H22N2O4S. The van der Waals surface area contributed by atoms with Gasteiger partial charge in [0.15, 0.2) is 0 Å². The van der Waals surface area contributed by atoms with Crippen molar-refractivity contribution >= 4 is 21.6 Å². The van der Waals surface area contributed by atoms with Crippen molar-refractivity contribution in [3.63, 3.8) is 0 Å². The van der Waals surface area contributed by atoms with Crippen LogP contribution in [0.5, 0.6) is 0 Å². The number of fused-ring (bicyclic) bond motifs is 1. The lowest BCUT2D eigenvalue weighted by atomic mass is 9.98. The van der Waals surface area contributed by atoms with Gasteiger partial charge in [0.25, 0.3) is 5.91 Å². The lowest BCUT2D eigenvalue weighted by Gasteiger charge is -2.32. The smallest absolute Gasteiger partial charge is 0.253 e. The molecule has 23 heavy (non-hydrogen) atoms. The number of sulfonamides is 1. The van der Waals surface area contributed by atoms with E-state index in [-0.39, 0.29) is 18.4 Å². The Morgan fingerprint density at radius 2 is 2.13 bits per heavy atom. The van der Waals surface area contributed by atoms with Crippen LogP contribution in [0.2, 0.25) is 0 Å². The van der Waals surface area contributed by atoms with Crippen LogP contribution in [0.1, 0.15) is 28.8 Å². The number of carbonyl (C=O) groups excluding carboxylic acids is 1. The lowest BCUT2D eigenvalue weighted by Crippen LogP contribution is -2.40. The topological polar surface area (TPSA) is 77.9 Å². The molecule has 0 aliphatic carbocycles. The molecular weight excluding hydrogens is 316 g/mol. The summed E-state index contributed by atoms with van der Waals surface area (Å²) in [5.74, 6) is 0.117. The summed E-state index contributed by atoms with van der Waals surface area (Å²) in [5, 5.41) is 9.29. The van der Waals surface area contributed by atoms with Crippen molar-refractivity contribution in [3.8, 4) is 0 Å². The first kappa shape index (κ1) is 16.3. The summed E-state index contributed by atoms with van der Waals surface area (Å²) >= 11 is 0. The highest BCUT2D eigenvalue weighted by molar-refractivity contribution is 7.92. The second-order valence-corrected chi connectivity index (χ2v) is 8.28. The summed E-state index contributed by atoms with van der Waals surface area (Å²) in [7, 11) is -3.27. The Morgan fingerprint density at radius 3 is 2.83 bits per heavy atom. The summed E-state index contributed by atoms with van der Waals surface area (Å²) < 4.78 is 24.9. The number of hydrogen-bond acceptors (Lipinski definition) is 4. The molecule has 7 heteroatoms. The highest BCUT2D eigenvalue weighted by Gasteiger charge is 2.28. The fourth-order valence-electron chi connectivity index (χ4n) is 3.43. The zero-order chi connectivity index (χ0) is 16.6. The number of amides is 1. The van der Waals surface area contributed by atoms with E-state index in [1.807, 2.05) is 6.07 Å². The maximum absolute atomic E-state index is 12.7. The minimum atomic E-state index is -3.27. The van der Waals surface area contributed by atoms with Gasteiger partial charge in [0.2, 0.25) is 10.0 Å². The Balaban J connectivity index is 1.81. The molecule has 0 aromatic heterocycles. The summed E-state index contributed by atoms with van der Waals surface area (Å²) in [5.41, 5.74) is 2.17. The average molecular weight is 338 g/mol. The Labute approximate surface area is 136 Å².